The predicted molar refractivity (Wildman–Crippen MR) is 104 cm³/mol. The molecule has 4 aromatic rings. The minimum atomic E-state index is 0.487. The van der Waals surface area contributed by atoms with E-state index in [1.54, 1.807) is 13.3 Å². The van der Waals surface area contributed by atoms with Crippen LogP contribution in [0.3, 0.4) is 0 Å². The number of guanidine groups is 1. The Balaban J connectivity index is 1.28. The molecular weight excluding hydrogens is 342 g/mol. The van der Waals surface area contributed by atoms with Crippen molar-refractivity contribution in [1.82, 2.24) is 30.8 Å². The number of furan rings is 1. The van der Waals surface area contributed by atoms with Gasteiger partial charge in [0.1, 0.15) is 5.82 Å². The van der Waals surface area contributed by atoms with Crippen molar-refractivity contribution in [2.75, 3.05) is 13.6 Å². The Hall–Kier alpha value is -3.55. The topological polar surface area (TPSA) is 107 Å². The molecule has 3 heterocycles. The molecule has 0 saturated carbocycles. The molecule has 0 aliphatic heterocycles. The van der Waals surface area contributed by atoms with Crippen LogP contribution in [-0.4, -0.2) is 39.7 Å². The number of para-hydroxylation sites is 1. The third kappa shape index (κ3) is 3.84. The highest BCUT2D eigenvalue weighted by Crippen LogP contribution is 2.17. The Bertz CT molecular complexity index is 1030. The van der Waals surface area contributed by atoms with Gasteiger partial charge in [-0.2, -0.15) is 0 Å². The van der Waals surface area contributed by atoms with Crippen molar-refractivity contribution in [1.29, 1.82) is 0 Å². The van der Waals surface area contributed by atoms with Gasteiger partial charge >= 0.3 is 0 Å². The second-order valence-corrected chi connectivity index (χ2v) is 6.05. The Morgan fingerprint density at radius 1 is 1.19 bits per heavy atom. The van der Waals surface area contributed by atoms with Gasteiger partial charge in [-0.05, 0) is 30.2 Å². The predicted octanol–water partition coefficient (Wildman–Crippen LogP) is 2.45. The minimum absolute atomic E-state index is 0.487. The number of hydrogen-bond donors (Lipinski definition) is 4. The molecule has 0 saturated heterocycles. The smallest absolute Gasteiger partial charge is 0.216 e. The van der Waals surface area contributed by atoms with Crippen LogP contribution in [0, 0.1) is 0 Å². The summed E-state index contributed by atoms with van der Waals surface area (Å²) < 4.78 is 5.29. The van der Waals surface area contributed by atoms with E-state index in [9.17, 15) is 0 Å². The summed E-state index contributed by atoms with van der Waals surface area (Å²) in [5, 5.41) is 14.9. The third-order valence-electron chi connectivity index (χ3n) is 4.28. The van der Waals surface area contributed by atoms with Crippen LogP contribution in [0.15, 0.2) is 58.3 Å². The summed E-state index contributed by atoms with van der Waals surface area (Å²) in [5.41, 5.74) is 2.44. The fourth-order valence-corrected chi connectivity index (χ4v) is 2.93. The van der Waals surface area contributed by atoms with Crippen LogP contribution in [0.25, 0.3) is 22.5 Å². The lowest BCUT2D eigenvalue weighted by atomic mass is 10.1. The molecular formula is C19H21N7O. The molecule has 1 aromatic carbocycles. The molecule has 3 aromatic heterocycles. The molecule has 27 heavy (non-hydrogen) atoms. The van der Waals surface area contributed by atoms with Crippen molar-refractivity contribution < 1.29 is 4.42 Å². The third-order valence-corrected chi connectivity index (χ3v) is 4.28. The standard InChI is InChI=1S/C19H21N7O/c1-20-19(21-9-8-13-11-22-15-6-3-2-5-14(13)15)23-12-17-24-18(26-25-17)16-7-4-10-27-16/h2-7,10-11,22H,8-9,12H2,1H3,(H2,20,21,23)(H,24,25,26). The number of nitrogens with zero attached hydrogens (tertiary/aromatic N) is 3. The maximum Gasteiger partial charge on any atom is 0.216 e. The number of aliphatic imine (C=N–C) groups is 1. The molecule has 8 heteroatoms. The Morgan fingerprint density at radius 2 is 2.11 bits per heavy atom. The highest BCUT2D eigenvalue weighted by molar-refractivity contribution is 5.83. The summed E-state index contributed by atoms with van der Waals surface area (Å²) in [5.74, 6) is 2.60. The lowest BCUT2D eigenvalue weighted by molar-refractivity contribution is 0.577. The maximum absolute atomic E-state index is 5.29. The minimum Gasteiger partial charge on any atom is -0.461 e. The quantitative estimate of drug-likeness (QED) is 0.311. The molecule has 0 aliphatic carbocycles. The summed E-state index contributed by atoms with van der Waals surface area (Å²) in [6.07, 6.45) is 4.56. The number of nitrogens with one attached hydrogen (secondary N) is 4. The van der Waals surface area contributed by atoms with Crippen LogP contribution in [0.5, 0.6) is 0 Å². The molecule has 4 N–H and O–H groups in total. The van der Waals surface area contributed by atoms with Gasteiger partial charge in [-0.25, -0.2) is 4.98 Å². The van der Waals surface area contributed by atoms with E-state index < -0.39 is 0 Å². The van der Waals surface area contributed by atoms with Gasteiger partial charge in [0.15, 0.2) is 11.7 Å². The molecule has 138 valence electrons. The van der Waals surface area contributed by atoms with Crippen molar-refractivity contribution in [2.24, 2.45) is 4.99 Å². The number of benzene rings is 1. The van der Waals surface area contributed by atoms with Gasteiger partial charge in [-0.3, -0.25) is 10.1 Å². The summed E-state index contributed by atoms with van der Waals surface area (Å²) in [7, 11) is 1.75. The SMILES string of the molecule is CN=C(NCCc1c[nH]c2ccccc12)NCc1nc(-c2ccco2)n[nH]1. The average Bonchev–Trinajstić information content (AvgIpc) is 3.45. The van der Waals surface area contributed by atoms with E-state index in [4.69, 9.17) is 4.42 Å². The summed E-state index contributed by atoms with van der Waals surface area (Å²) in [4.78, 5) is 12.0. The van der Waals surface area contributed by atoms with E-state index in [2.05, 4.69) is 60.2 Å². The lowest BCUT2D eigenvalue weighted by Crippen LogP contribution is -2.38. The van der Waals surface area contributed by atoms with Gasteiger partial charge in [0.05, 0.1) is 12.8 Å². The van der Waals surface area contributed by atoms with E-state index in [1.807, 2.05) is 18.2 Å². The van der Waals surface area contributed by atoms with Crippen LogP contribution in [-0.2, 0) is 13.0 Å². The van der Waals surface area contributed by atoms with Crippen LogP contribution in [0.1, 0.15) is 11.4 Å². The fraction of sp³-hybridized carbons (Fsp3) is 0.211. The monoisotopic (exact) mass is 363 g/mol. The first-order chi connectivity index (χ1) is 13.3. The maximum atomic E-state index is 5.29. The normalized spacial score (nSPS) is 11.8. The van der Waals surface area contributed by atoms with Gasteiger partial charge < -0.3 is 20.0 Å². The number of fused-ring (bicyclic) bond motifs is 1. The number of rotatable bonds is 6. The molecule has 0 unspecified atom stereocenters. The second-order valence-electron chi connectivity index (χ2n) is 6.05. The van der Waals surface area contributed by atoms with Gasteiger partial charge in [0.25, 0.3) is 0 Å². The van der Waals surface area contributed by atoms with Crippen molar-refractivity contribution in [3.8, 4) is 11.6 Å². The molecule has 0 atom stereocenters. The largest absolute Gasteiger partial charge is 0.461 e. The van der Waals surface area contributed by atoms with Crippen LogP contribution >= 0.6 is 0 Å². The Kier molecular flexibility index (Phi) is 4.86. The average molecular weight is 363 g/mol. The second kappa shape index (κ2) is 7.77. The summed E-state index contributed by atoms with van der Waals surface area (Å²) >= 11 is 0. The number of hydrogen-bond acceptors (Lipinski definition) is 4. The van der Waals surface area contributed by atoms with E-state index in [1.165, 1.54) is 10.9 Å². The lowest BCUT2D eigenvalue weighted by Gasteiger charge is -2.10. The highest BCUT2D eigenvalue weighted by Gasteiger charge is 2.09. The first kappa shape index (κ1) is 16.9. The number of aromatic nitrogens is 4. The van der Waals surface area contributed by atoms with Crippen LogP contribution in [0.4, 0.5) is 0 Å². The van der Waals surface area contributed by atoms with Gasteiger partial charge in [0.2, 0.25) is 5.82 Å². The van der Waals surface area contributed by atoms with E-state index in [0.29, 0.717) is 29.9 Å². The Labute approximate surface area is 156 Å². The molecule has 8 nitrogen and oxygen atoms in total. The molecule has 0 aliphatic rings. The Morgan fingerprint density at radius 3 is 2.96 bits per heavy atom. The number of H-pyrrole nitrogens is 2. The summed E-state index contributed by atoms with van der Waals surface area (Å²) in [6, 6.07) is 11.9. The van der Waals surface area contributed by atoms with E-state index in [-0.39, 0.29) is 0 Å². The first-order valence-electron chi connectivity index (χ1n) is 8.78. The van der Waals surface area contributed by atoms with Gasteiger partial charge in [0, 0.05) is 30.7 Å². The van der Waals surface area contributed by atoms with Crippen molar-refractivity contribution in [3.05, 3.63) is 60.2 Å². The molecule has 0 spiro atoms. The van der Waals surface area contributed by atoms with E-state index in [0.717, 1.165) is 18.5 Å². The van der Waals surface area contributed by atoms with E-state index >= 15 is 0 Å². The zero-order chi connectivity index (χ0) is 18.5. The van der Waals surface area contributed by atoms with Crippen LogP contribution < -0.4 is 10.6 Å². The van der Waals surface area contributed by atoms with Gasteiger partial charge in [-0.1, -0.05) is 18.2 Å². The van der Waals surface area contributed by atoms with Crippen molar-refractivity contribution in [2.45, 2.75) is 13.0 Å². The highest BCUT2D eigenvalue weighted by atomic mass is 16.3. The zero-order valence-corrected chi connectivity index (χ0v) is 15.0. The fourth-order valence-electron chi connectivity index (χ4n) is 2.93. The first-order valence-corrected chi connectivity index (χ1v) is 8.78. The molecule has 0 fully saturated rings. The molecule has 4 rings (SSSR count). The van der Waals surface area contributed by atoms with Crippen molar-refractivity contribution >= 4 is 16.9 Å². The molecule has 0 radical (unpaired) electrons. The summed E-state index contributed by atoms with van der Waals surface area (Å²) in [6.45, 7) is 1.26. The number of aromatic amines is 2. The molecule has 0 bridgehead atoms. The zero-order valence-electron chi connectivity index (χ0n) is 15.0. The van der Waals surface area contributed by atoms with Crippen molar-refractivity contribution in [3.63, 3.8) is 0 Å². The molecule has 0 amide bonds. The van der Waals surface area contributed by atoms with Gasteiger partial charge in [-0.15, -0.1) is 5.10 Å². The van der Waals surface area contributed by atoms with Crippen LogP contribution in [0.2, 0.25) is 0 Å².